The lowest BCUT2D eigenvalue weighted by atomic mass is 10.2. The fourth-order valence-electron chi connectivity index (χ4n) is 1.65. The van der Waals surface area contributed by atoms with Crippen LogP contribution in [0.4, 0.5) is 5.69 Å². The third-order valence-corrected chi connectivity index (χ3v) is 4.04. The van der Waals surface area contributed by atoms with Gasteiger partial charge in [-0.2, -0.15) is 0 Å². The summed E-state index contributed by atoms with van der Waals surface area (Å²) in [6.45, 7) is 2.06. The number of halogens is 1. The first-order valence-corrected chi connectivity index (χ1v) is 7.00. The Hall–Kier alpha value is -1.52. The number of hydrogen-bond donors (Lipinski definition) is 0. The molecule has 0 bridgehead atoms. The van der Waals surface area contributed by atoms with Crippen molar-refractivity contribution in [3.8, 4) is 0 Å². The van der Waals surface area contributed by atoms with Gasteiger partial charge in [0, 0.05) is 26.9 Å². The van der Waals surface area contributed by atoms with Gasteiger partial charge in [-0.15, -0.1) is 0 Å². The zero-order valence-corrected chi connectivity index (χ0v) is 11.9. The molecule has 0 N–H and O–H groups in total. The molecule has 0 aliphatic rings. The minimum atomic E-state index is -0.401. The molecule has 0 aliphatic carbocycles. The highest BCUT2D eigenvalue weighted by molar-refractivity contribution is 7.99. The maximum Gasteiger partial charge on any atom is 0.269 e. The number of rotatable bonds is 4. The van der Waals surface area contributed by atoms with Crippen LogP contribution in [0.3, 0.4) is 0 Å². The number of benzene rings is 2. The average Bonchev–Trinajstić information content (AvgIpc) is 2.39. The van der Waals surface area contributed by atoms with E-state index in [1.807, 2.05) is 18.2 Å². The maximum atomic E-state index is 10.6. The van der Waals surface area contributed by atoms with Crippen LogP contribution in [0.2, 0.25) is 5.02 Å². The summed E-state index contributed by atoms with van der Waals surface area (Å²) in [6, 6.07) is 12.4. The predicted octanol–water partition coefficient (Wildman–Crippen LogP) is 4.96. The van der Waals surface area contributed by atoms with Crippen molar-refractivity contribution in [1.82, 2.24) is 0 Å². The molecule has 0 saturated heterocycles. The molecule has 0 fully saturated rings. The Kier molecular flexibility index (Phi) is 4.45. The zero-order chi connectivity index (χ0) is 13.8. The molecule has 0 unspecified atom stereocenters. The summed E-state index contributed by atoms with van der Waals surface area (Å²) in [6.07, 6.45) is 0.904. The quantitative estimate of drug-likeness (QED) is 0.591. The molecule has 0 heterocycles. The number of nitro groups is 1. The summed E-state index contributed by atoms with van der Waals surface area (Å²) >= 11 is 7.69. The van der Waals surface area contributed by atoms with Crippen molar-refractivity contribution in [3.63, 3.8) is 0 Å². The standard InChI is InChI=1S/C14H12ClNO2S/c1-2-10-3-6-13(9-14(10)15)19-12-7-4-11(5-8-12)16(17)18/h3-9H,2H2,1H3. The van der Waals surface area contributed by atoms with E-state index in [9.17, 15) is 10.1 Å². The fourth-order valence-corrected chi connectivity index (χ4v) is 2.89. The highest BCUT2D eigenvalue weighted by atomic mass is 35.5. The molecule has 0 saturated carbocycles. The van der Waals surface area contributed by atoms with Crippen molar-refractivity contribution in [3.05, 3.63) is 63.2 Å². The number of hydrogen-bond acceptors (Lipinski definition) is 3. The second-order valence-electron chi connectivity index (χ2n) is 3.96. The molecule has 0 amide bonds. The van der Waals surface area contributed by atoms with Crippen molar-refractivity contribution in [2.75, 3.05) is 0 Å². The molecule has 0 aromatic heterocycles. The topological polar surface area (TPSA) is 43.1 Å². The van der Waals surface area contributed by atoms with Gasteiger partial charge in [0.05, 0.1) is 4.92 Å². The summed E-state index contributed by atoms with van der Waals surface area (Å²) in [5.41, 5.74) is 1.22. The van der Waals surface area contributed by atoms with Gasteiger partial charge in [-0.05, 0) is 36.2 Å². The Bertz CT molecular complexity index is 599. The van der Waals surface area contributed by atoms with Crippen LogP contribution in [0.5, 0.6) is 0 Å². The van der Waals surface area contributed by atoms with Crippen LogP contribution >= 0.6 is 23.4 Å². The molecule has 2 rings (SSSR count). The summed E-state index contributed by atoms with van der Waals surface area (Å²) in [7, 11) is 0. The Morgan fingerprint density at radius 3 is 2.32 bits per heavy atom. The lowest BCUT2D eigenvalue weighted by Crippen LogP contribution is -1.86. The second kappa shape index (κ2) is 6.08. The van der Waals surface area contributed by atoms with Gasteiger partial charge in [0.15, 0.2) is 0 Å². The van der Waals surface area contributed by atoms with Gasteiger partial charge in [-0.1, -0.05) is 36.4 Å². The molecule has 3 nitrogen and oxygen atoms in total. The summed E-state index contributed by atoms with van der Waals surface area (Å²) in [5, 5.41) is 11.3. The van der Waals surface area contributed by atoms with Gasteiger partial charge in [0.1, 0.15) is 0 Å². The lowest BCUT2D eigenvalue weighted by Gasteiger charge is -2.05. The molecule has 0 aliphatic heterocycles. The largest absolute Gasteiger partial charge is 0.269 e. The molecule has 0 radical (unpaired) electrons. The minimum Gasteiger partial charge on any atom is -0.258 e. The van der Waals surface area contributed by atoms with Gasteiger partial charge in [-0.3, -0.25) is 10.1 Å². The fraction of sp³-hybridized carbons (Fsp3) is 0.143. The van der Waals surface area contributed by atoms with Crippen LogP contribution in [0.25, 0.3) is 0 Å². The van der Waals surface area contributed by atoms with Crippen molar-refractivity contribution < 1.29 is 4.92 Å². The molecule has 98 valence electrons. The van der Waals surface area contributed by atoms with Crippen LogP contribution in [0, 0.1) is 10.1 Å². The van der Waals surface area contributed by atoms with E-state index in [1.165, 1.54) is 23.9 Å². The van der Waals surface area contributed by atoms with Gasteiger partial charge in [0.2, 0.25) is 0 Å². The highest BCUT2D eigenvalue weighted by Crippen LogP contribution is 2.31. The zero-order valence-electron chi connectivity index (χ0n) is 10.3. The first-order chi connectivity index (χ1) is 9.10. The smallest absolute Gasteiger partial charge is 0.258 e. The summed E-state index contributed by atoms with van der Waals surface area (Å²) in [5.74, 6) is 0. The van der Waals surface area contributed by atoms with Crippen molar-refractivity contribution in [2.45, 2.75) is 23.1 Å². The van der Waals surface area contributed by atoms with Crippen LogP contribution < -0.4 is 0 Å². The Balaban J connectivity index is 2.16. The lowest BCUT2D eigenvalue weighted by molar-refractivity contribution is -0.384. The first kappa shape index (κ1) is 13.9. The van der Waals surface area contributed by atoms with Crippen LogP contribution in [-0.4, -0.2) is 4.92 Å². The van der Waals surface area contributed by atoms with E-state index in [-0.39, 0.29) is 5.69 Å². The maximum absolute atomic E-state index is 10.6. The molecule has 2 aromatic carbocycles. The van der Waals surface area contributed by atoms with E-state index < -0.39 is 4.92 Å². The first-order valence-electron chi connectivity index (χ1n) is 5.81. The van der Waals surface area contributed by atoms with Crippen molar-refractivity contribution in [2.24, 2.45) is 0 Å². The van der Waals surface area contributed by atoms with Gasteiger partial charge in [0.25, 0.3) is 5.69 Å². The van der Waals surface area contributed by atoms with Crippen molar-refractivity contribution >= 4 is 29.1 Å². The molecule has 19 heavy (non-hydrogen) atoms. The van der Waals surface area contributed by atoms with Gasteiger partial charge in [-0.25, -0.2) is 0 Å². The van der Waals surface area contributed by atoms with Crippen LogP contribution in [-0.2, 0) is 6.42 Å². The highest BCUT2D eigenvalue weighted by Gasteiger charge is 2.06. The second-order valence-corrected chi connectivity index (χ2v) is 5.51. The summed E-state index contributed by atoms with van der Waals surface area (Å²) in [4.78, 5) is 12.1. The third kappa shape index (κ3) is 3.49. The number of non-ortho nitro benzene ring substituents is 1. The van der Waals surface area contributed by atoms with E-state index in [0.717, 1.165) is 26.8 Å². The molecule has 0 spiro atoms. The molecule has 5 heteroatoms. The van der Waals surface area contributed by atoms with E-state index >= 15 is 0 Å². The summed E-state index contributed by atoms with van der Waals surface area (Å²) < 4.78 is 0. The Morgan fingerprint density at radius 2 is 1.79 bits per heavy atom. The van der Waals surface area contributed by atoms with Crippen molar-refractivity contribution in [1.29, 1.82) is 0 Å². The van der Waals surface area contributed by atoms with Crippen LogP contribution in [0.15, 0.2) is 52.3 Å². The molecular formula is C14H12ClNO2S. The van der Waals surface area contributed by atoms with E-state index in [1.54, 1.807) is 12.1 Å². The molecule has 0 atom stereocenters. The van der Waals surface area contributed by atoms with E-state index in [0.29, 0.717) is 0 Å². The number of aryl methyl sites for hydroxylation is 1. The minimum absolute atomic E-state index is 0.101. The van der Waals surface area contributed by atoms with Gasteiger partial charge >= 0.3 is 0 Å². The monoisotopic (exact) mass is 293 g/mol. The van der Waals surface area contributed by atoms with E-state index in [4.69, 9.17) is 11.6 Å². The molecule has 2 aromatic rings. The van der Waals surface area contributed by atoms with Gasteiger partial charge < -0.3 is 0 Å². The van der Waals surface area contributed by atoms with E-state index in [2.05, 4.69) is 6.92 Å². The predicted molar refractivity (Wildman–Crippen MR) is 78.0 cm³/mol. The number of nitro benzene ring substituents is 1. The third-order valence-electron chi connectivity index (χ3n) is 2.69. The number of nitrogens with zero attached hydrogens (tertiary/aromatic N) is 1. The SMILES string of the molecule is CCc1ccc(Sc2ccc([N+](=O)[O-])cc2)cc1Cl. The normalized spacial score (nSPS) is 10.4. The van der Waals surface area contributed by atoms with Crippen LogP contribution in [0.1, 0.15) is 12.5 Å². The molecular weight excluding hydrogens is 282 g/mol. The Labute approximate surface area is 120 Å². The Morgan fingerprint density at radius 1 is 1.16 bits per heavy atom. The average molecular weight is 294 g/mol.